The van der Waals surface area contributed by atoms with Crippen molar-refractivity contribution in [3.05, 3.63) is 34.5 Å². The number of nitriles is 1. The van der Waals surface area contributed by atoms with Crippen LogP contribution in [-0.4, -0.2) is 17.6 Å². The van der Waals surface area contributed by atoms with Gasteiger partial charge in [-0.2, -0.15) is 5.26 Å². The molecule has 1 aromatic carbocycles. The number of carbonyl (C=O) groups excluding carboxylic acids is 1. The van der Waals surface area contributed by atoms with Gasteiger partial charge in [0, 0.05) is 10.9 Å². The van der Waals surface area contributed by atoms with E-state index < -0.39 is 5.97 Å². The fourth-order valence-electron chi connectivity index (χ4n) is 1.58. The molecule has 2 rings (SSSR count). The zero-order valence-electron chi connectivity index (χ0n) is 9.08. The summed E-state index contributed by atoms with van der Waals surface area (Å²) in [7, 11) is 0. The molecule has 1 heterocycles. The molecule has 0 amide bonds. The van der Waals surface area contributed by atoms with Crippen molar-refractivity contribution in [2.75, 3.05) is 6.61 Å². The lowest BCUT2D eigenvalue weighted by Crippen LogP contribution is -2.05. The monoisotopic (exact) mass is 248 g/mol. The minimum Gasteiger partial charge on any atom is -0.461 e. The third-order valence-electron chi connectivity index (χ3n) is 2.34. The highest BCUT2D eigenvalue weighted by Gasteiger charge is 2.17. The van der Waals surface area contributed by atoms with Crippen molar-refractivity contribution in [2.24, 2.45) is 0 Å². The van der Waals surface area contributed by atoms with E-state index in [9.17, 15) is 4.79 Å². The Morgan fingerprint density at radius 3 is 3.00 bits per heavy atom. The van der Waals surface area contributed by atoms with Crippen molar-refractivity contribution < 1.29 is 9.53 Å². The lowest BCUT2D eigenvalue weighted by Gasteiger charge is -1.98. The van der Waals surface area contributed by atoms with E-state index in [-0.39, 0.29) is 12.3 Å². The molecule has 0 aliphatic heterocycles. The minimum absolute atomic E-state index is 0.221. The van der Waals surface area contributed by atoms with Crippen LogP contribution in [0.1, 0.15) is 23.0 Å². The van der Waals surface area contributed by atoms with E-state index >= 15 is 0 Å². The number of nitrogens with one attached hydrogen (secondary N) is 1. The zero-order chi connectivity index (χ0) is 12.4. The van der Waals surface area contributed by atoms with Crippen molar-refractivity contribution in [3.63, 3.8) is 0 Å². The zero-order valence-corrected chi connectivity index (χ0v) is 9.84. The summed E-state index contributed by atoms with van der Waals surface area (Å²) in [5.74, 6) is -0.493. The predicted octanol–water partition coefficient (Wildman–Crippen LogP) is 2.87. The maximum atomic E-state index is 11.6. The highest BCUT2D eigenvalue weighted by molar-refractivity contribution is 6.38. The summed E-state index contributed by atoms with van der Waals surface area (Å²) in [6.45, 7) is 2.01. The molecule has 5 heteroatoms. The fraction of sp³-hybridized carbons (Fsp3) is 0.167. The molecule has 0 aliphatic carbocycles. The van der Waals surface area contributed by atoms with Crippen molar-refractivity contribution in [1.29, 1.82) is 5.26 Å². The normalized spacial score (nSPS) is 10.2. The molecule has 2 aromatic rings. The summed E-state index contributed by atoms with van der Waals surface area (Å²) in [4.78, 5) is 14.5. The number of rotatable bonds is 2. The minimum atomic E-state index is -0.493. The van der Waals surface area contributed by atoms with Gasteiger partial charge in [-0.15, -0.1) is 0 Å². The number of hydrogen-bond acceptors (Lipinski definition) is 3. The van der Waals surface area contributed by atoms with E-state index in [4.69, 9.17) is 21.6 Å². The maximum Gasteiger partial charge on any atom is 0.356 e. The van der Waals surface area contributed by atoms with E-state index in [1.165, 1.54) is 0 Å². The topological polar surface area (TPSA) is 65.9 Å². The van der Waals surface area contributed by atoms with Crippen LogP contribution in [0.25, 0.3) is 10.9 Å². The number of benzene rings is 1. The van der Waals surface area contributed by atoms with Gasteiger partial charge in [0.05, 0.1) is 23.3 Å². The molecule has 0 saturated carbocycles. The van der Waals surface area contributed by atoms with Crippen LogP contribution in [0.15, 0.2) is 18.2 Å². The Kier molecular flexibility index (Phi) is 3.03. The van der Waals surface area contributed by atoms with E-state index in [2.05, 4.69) is 4.98 Å². The van der Waals surface area contributed by atoms with E-state index in [0.29, 0.717) is 21.5 Å². The van der Waals surface area contributed by atoms with Gasteiger partial charge >= 0.3 is 5.97 Å². The van der Waals surface area contributed by atoms with Crippen LogP contribution in [0, 0.1) is 11.3 Å². The number of H-pyrrole nitrogens is 1. The molecule has 17 heavy (non-hydrogen) atoms. The number of halogens is 1. The second kappa shape index (κ2) is 4.48. The summed E-state index contributed by atoms with van der Waals surface area (Å²) < 4.78 is 4.88. The summed E-state index contributed by atoms with van der Waals surface area (Å²) in [5.41, 5.74) is 1.38. The van der Waals surface area contributed by atoms with Gasteiger partial charge in [0.15, 0.2) is 0 Å². The third kappa shape index (κ3) is 1.97. The van der Waals surface area contributed by atoms with Crippen LogP contribution in [0.5, 0.6) is 0 Å². The van der Waals surface area contributed by atoms with Crippen LogP contribution in [0.2, 0.25) is 5.02 Å². The molecule has 0 bridgehead atoms. The quantitative estimate of drug-likeness (QED) is 0.831. The van der Waals surface area contributed by atoms with Crippen LogP contribution in [0.4, 0.5) is 0 Å². The Morgan fingerprint density at radius 1 is 1.59 bits per heavy atom. The third-order valence-corrected chi connectivity index (χ3v) is 2.74. The summed E-state index contributed by atoms with van der Waals surface area (Å²) in [6, 6.07) is 7.02. The van der Waals surface area contributed by atoms with Crippen LogP contribution >= 0.6 is 11.6 Å². The van der Waals surface area contributed by atoms with Crippen molar-refractivity contribution >= 4 is 28.5 Å². The van der Waals surface area contributed by atoms with E-state index in [1.807, 2.05) is 6.07 Å². The van der Waals surface area contributed by atoms with Crippen molar-refractivity contribution in [2.45, 2.75) is 6.92 Å². The highest BCUT2D eigenvalue weighted by atomic mass is 35.5. The number of carbonyl (C=O) groups is 1. The second-order valence-corrected chi connectivity index (χ2v) is 3.78. The number of ether oxygens (including phenoxy) is 1. The largest absolute Gasteiger partial charge is 0.461 e. The number of fused-ring (bicyclic) bond motifs is 1. The predicted molar refractivity (Wildman–Crippen MR) is 64.0 cm³/mol. The number of hydrogen-bond donors (Lipinski definition) is 1. The molecule has 0 aliphatic rings. The summed E-state index contributed by atoms with van der Waals surface area (Å²) in [5, 5.41) is 9.80. The van der Waals surface area contributed by atoms with Gasteiger partial charge in [-0.05, 0) is 25.1 Å². The number of aromatic amines is 1. The maximum absolute atomic E-state index is 11.6. The standard InChI is InChI=1S/C12H9ClN2O2/c1-2-17-12(16)11-10(13)8-4-3-7(6-14)5-9(8)15-11/h3-5,15H,2H2,1H3. The smallest absolute Gasteiger partial charge is 0.356 e. The summed E-state index contributed by atoms with van der Waals surface area (Å²) in [6.07, 6.45) is 0. The van der Waals surface area contributed by atoms with Crippen LogP contribution < -0.4 is 0 Å². The SMILES string of the molecule is CCOC(=O)c1[nH]c2cc(C#N)ccc2c1Cl. The Balaban J connectivity index is 2.57. The molecule has 1 aromatic heterocycles. The van der Waals surface area contributed by atoms with Gasteiger partial charge in [-0.3, -0.25) is 0 Å². The number of nitrogens with zero attached hydrogens (tertiary/aromatic N) is 1. The van der Waals surface area contributed by atoms with Gasteiger partial charge in [0.1, 0.15) is 5.69 Å². The van der Waals surface area contributed by atoms with E-state index in [0.717, 1.165) is 0 Å². The molecule has 0 atom stereocenters. The van der Waals surface area contributed by atoms with Crippen molar-refractivity contribution in [3.8, 4) is 6.07 Å². The molecule has 86 valence electrons. The molecular formula is C12H9ClN2O2. The Labute approximate surface area is 103 Å². The number of esters is 1. The highest BCUT2D eigenvalue weighted by Crippen LogP contribution is 2.28. The lowest BCUT2D eigenvalue weighted by atomic mass is 10.2. The van der Waals surface area contributed by atoms with Gasteiger partial charge in [-0.1, -0.05) is 11.6 Å². The van der Waals surface area contributed by atoms with Gasteiger partial charge in [0.2, 0.25) is 0 Å². The summed E-state index contributed by atoms with van der Waals surface area (Å²) >= 11 is 6.07. The molecule has 0 unspecified atom stereocenters. The second-order valence-electron chi connectivity index (χ2n) is 3.41. The first-order valence-electron chi connectivity index (χ1n) is 5.05. The Hall–Kier alpha value is -1.99. The first-order valence-corrected chi connectivity index (χ1v) is 5.43. The van der Waals surface area contributed by atoms with E-state index in [1.54, 1.807) is 25.1 Å². The molecule has 0 fully saturated rings. The van der Waals surface area contributed by atoms with Crippen molar-refractivity contribution in [1.82, 2.24) is 4.98 Å². The van der Waals surface area contributed by atoms with Gasteiger partial charge in [-0.25, -0.2) is 4.79 Å². The fourth-order valence-corrected chi connectivity index (χ4v) is 1.87. The Bertz CT molecular complexity index is 625. The first kappa shape index (κ1) is 11.5. The molecule has 0 spiro atoms. The Morgan fingerprint density at radius 2 is 2.35 bits per heavy atom. The van der Waals surface area contributed by atoms with Crippen LogP contribution in [-0.2, 0) is 4.74 Å². The first-order chi connectivity index (χ1) is 8.17. The molecule has 0 radical (unpaired) electrons. The van der Waals surface area contributed by atoms with Gasteiger partial charge < -0.3 is 9.72 Å². The average molecular weight is 249 g/mol. The average Bonchev–Trinajstić information content (AvgIpc) is 2.66. The lowest BCUT2D eigenvalue weighted by molar-refractivity contribution is 0.0521. The molecule has 1 N–H and O–H groups in total. The molecular weight excluding hydrogens is 240 g/mol. The van der Waals surface area contributed by atoms with Crippen LogP contribution in [0.3, 0.4) is 0 Å². The number of aromatic nitrogens is 1. The molecule has 4 nitrogen and oxygen atoms in total. The molecule has 0 saturated heterocycles. The van der Waals surface area contributed by atoms with Gasteiger partial charge in [0.25, 0.3) is 0 Å².